The van der Waals surface area contributed by atoms with E-state index in [4.69, 9.17) is 0 Å². The molecule has 0 saturated carbocycles. The zero-order valence-electron chi connectivity index (χ0n) is 11.9. The van der Waals surface area contributed by atoms with Crippen LogP contribution in [0.15, 0.2) is 18.2 Å². The quantitative estimate of drug-likeness (QED) is 0.868. The fourth-order valence-corrected chi connectivity index (χ4v) is 3.02. The summed E-state index contributed by atoms with van der Waals surface area (Å²) in [6.07, 6.45) is 2.82. The predicted molar refractivity (Wildman–Crippen MR) is 75.8 cm³/mol. The Morgan fingerprint density at radius 2 is 2.00 bits per heavy atom. The Kier molecular flexibility index (Phi) is 4.08. The lowest BCUT2D eigenvalue weighted by Gasteiger charge is -2.29. The average molecular weight is 247 g/mol. The van der Waals surface area contributed by atoms with Gasteiger partial charge in [0.1, 0.15) is 0 Å². The highest BCUT2D eigenvalue weighted by Crippen LogP contribution is 2.35. The second kappa shape index (κ2) is 5.41. The number of aliphatic hydroxyl groups is 1. The zero-order chi connectivity index (χ0) is 13.2. The van der Waals surface area contributed by atoms with Gasteiger partial charge in [-0.3, -0.25) is 0 Å². The molecule has 1 aliphatic heterocycles. The molecule has 1 saturated heterocycles. The molecule has 1 N–H and O–H groups in total. The molecule has 0 aromatic heterocycles. The van der Waals surface area contributed by atoms with Crippen LogP contribution in [-0.2, 0) is 5.60 Å². The van der Waals surface area contributed by atoms with Gasteiger partial charge in [-0.15, -0.1) is 0 Å². The van der Waals surface area contributed by atoms with Crippen LogP contribution in [-0.4, -0.2) is 29.6 Å². The number of aryl methyl sites for hydroxylation is 1. The minimum absolute atomic E-state index is 0.625. The predicted octanol–water partition coefficient (Wildman–Crippen LogP) is 3.00. The number of nitrogens with zero attached hydrogens (tertiary/aromatic N) is 1. The van der Waals surface area contributed by atoms with E-state index < -0.39 is 5.60 Å². The van der Waals surface area contributed by atoms with E-state index in [2.05, 4.69) is 43.9 Å². The third-order valence-electron chi connectivity index (χ3n) is 4.46. The molecule has 1 aliphatic rings. The van der Waals surface area contributed by atoms with Crippen molar-refractivity contribution >= 4 is 0 Å². The van der Waals surface area contributed by atoms with Gasteiger partial charge in [0.2, 0.25) is 0 Å². The van der Waals surface area contributed by atoms with E-state index in [1.165, 1.54) is 11.1 Å². The van der Waals surface area contributed by atoms with Gasteiger partial charge in [-0.05, 0) is 62.9 Å². The lowest BCUT2D eigenvalue weighted by atomic mass is 9.83. The van der Waals surface area contributed by atoms with E-state index in [0.29, 0.717) is 0 Å². The summed E-state index contributed by atoms with van der Waals surface area (Å²) in [6.45, 7) is 9.65. The molecule has 0 spiro atoms. The van der Waals surface area contributed by atoms with Gasteiger partial charge in [0, 0.05) is 6.54 Å². The van der Waals surface area contributed by atoms with E-state index in [0.717, 1.165) is 44.5 Å². The van der Waals surface area contributed by atoms with Crippen LogP contribution in [0, 0.1) is 13.8 Å². The molecule has 1 heterocycles. The van der Waals surface area contributed by atoms with E-state index in [1.54, 1.807) is 0 Å². The summed E-state index contributed by atoms with van der Waals surface area (Å²) < 4.78 is 0. The standard InChI is InChI=1S/C16H25NO/c1-4-17-11-6-9-16(18,10-12-17)15-8-5-7-13(2)14(15)3/h5,7-8,18H,4,6,9-12H2,1-3H3. The van der Waals surface area contributed by atoms with Gasteiger partial charge in [0.25, 0.3) is 0 Å². The van der Waals surface area contributed by atoms with Crippen LogP contribution in [0.25, 0.3) is 0 Å². The molecular weight excluding hydrogens is 222 g/mol. The Morgan fingerprint density at radius 3 is 2.72 bits per heavy atom. The minimum Gasteiger partial charge on any atom is -0.385 e. The van der Waals surface area contributed by atoms with Gasteiger partial charge >= 0.3 is 0 Å². The van der Waals surface area contributed by atoms with Crippen molar-refractivity contribution in [2.75, 3.05) is 19.6 Å². The highest BCUT2D eigenvalue weighted by molar-refractivity contribution is 5.37. The SMILES string of the molecule is CCN1CCCC(O)(c2cccc(C)c2C)CC1. The third kappa shape index (κ3) is 2.60. The first-order valence-electron chi connectivity index (χ1n) is 7.08. The van der Waals surface area contributed by atoms with E-state index in [-0.39, 0.29) is 0 Å². The van der Waals surface area contributed by atoms with Gasteiger partial charge in [-0.25, -0.2) is 0 Å². The Bertz CT molecular complexity index is 416. The summed E-state index contributed by atoms with van der Waals surface area (Å²) in [5, 5.41) is 11.0. The highest BCUT2D eigenvalue weighted by Gasteiger charge is 2.32. The molecule has 100 valence electrons. The second-order valence-corrected chi connectivity index (χ2v) is 5.57. The van der Waals surface area contributed by atoms with Gasteiger partial charge < -0.3 is 10.0 Å². The Balaban J connectivity index is 2.27. The highest BCUT2D eigenvalue weighted by atomic mass is 16.3. The van der Waals surface area contributed by atoms with Crippen LogP contribution in [0.4, 0.5) is 0 Å². The lowest BCUT2D eigenvalue weighted by Crippen LogP contribution is -2.30. The van der Waals surface area contributed by atoms with Crippen LogP contribution in [0.5, 0.6) is 0 Å². The minimum atomic E-state index is -0.625. The second-order valence-electron chi connectivity index (χ2n) is 5.57. The summed E-state index contributed by atoms with van der Waals surface area (Å²) in [6, 6.07) is 6.29. The first-order chi connectivity index (χ1) is 8.57. The van der Waals surface area contributed by atoms with E-state index in [1.807, 2.05) is 0 Å². The molecule has 0 aliphatic carbocycles. The van der Waals surface area contributed by atoms with Crippen molar-refractivity contribution < 1.29 is 5.11 Å². The van der Waals surface area contributed by atoms with Crippen molar-refractivity contribution in [2.45, 2.75) is 45.6 Å². The Hall–Kier alpha value is -0.860. The smallest absolute Gasteiger partial charge is 0.0911 e. The number of hydrogen-bond acceptors (Lipinski definition) is 2. The first kappa shape index (κ1) is 13.6. The van der Waals surface area contributed by atoms with E-state index >= 15 is 0 Å². The summed E-state index contributed by atoms with van der Waals surface area (Å²) in [7, 11) is 0. The van der Waals surface area contributed by atoms with E-state index in [9.17, 15) is 5.11 Å². The van der Waals surface area contributed by atoms with Crippen LogP contribution in [0.2, 0.25) is 0 Å². The molecule has 0 amide bonds. The van der Waals surface area contributed by atoms with Crippen LogP contribution >= 0.6 is 0 Å². The van der Waals surface area contributed by atoms with Crippen molar-refractivity contribution in [2.24, 2.45) is 0 Å². The fraction of sp³-hybridized carbons (Fsp3) is 0.625. The monoisotopic (exact) mass is 247 g/mol. The summed E-state index contributed by atoms with van der Waals surface area (Å²) in [5.41, 5.74) is 3.04. The average Bonchev–Trinajstić information content (AvgIpc) is 2.55. The van der Waals surface area contributed by atoms with Crippen LogP contribution < -0.4 is 0 Å². The summed E-state index contributed by atoms with van der Waals surface area (Å²) in [4.78, 5) is 2.43. The zero-order valence-corrected chi connectivity index (χ0v) is 11.9. The maximum atomic E-state index is 11.0. The molecule has 2 nitrogen and oxygen atoms in total. The molecule has 1 atom stereocenters. The van der Waals surface area contributed by atoms with Crippen molar-refractivity contribution in [3.8, 4) is 0 Å². The molecule has 1 aromatic rings. The Labute approximate surface area is 111 Å². The molecule has 1 aromatic carbocycles. The molecule has 1 unspecified atom stereocenters. The molecule has 0 bridgehead atoms. The number of rotatable bonds is 2. The van der Waals surface area contributed by atoms with Crippen molar-refractivity contribution in [3.05, 3.63) is 34.9 Å². The van der Waals surface area contributed by atoms with Crippen molar-refractivity contribution in [1.82, 2.24) is 4.90 Å². The topological polar surface area (TPSA) is 23.5 Å². The normalized spacial score (nSPS) is 26.0. The summed E-state index contributed by atoms with van der Waals surface area (Å²) >= 11 is 0. The van der Waals surface area contributed by atoms with Crippen LogP contribution in [0.3, 0.4) is 0 Å². The molecule has 2 heteroatoms. The van der Waals surface area contributed by atoms with Crippen molar-refractivity contribution in [1.29, 1.82) is 0 Å². The largest absolute Gasteiger partial charge is 0.385 e. The lowest BCUT2D eigenvalue weighted by molar-refractivity contribution is 0.0207. The van der Waals surface area contributed by atoms with Crippen LogP contribution in [0.1, 0.15) is 42.9 Å². The number of benzene rings is 1. The van der Waals surface area contributed by atoms with Crippen molar-refractivity contribution in [3.63, 3.8) is 0 Å². The number of likely N-dealkylation sites (tertiary alicyclic amines) is 1. The van der Waals surface area contributed by atoms with Gasteiger partial charge in [-0.2, -0.15) is 0 Å². The molecule has 18 heavy (non-hydrogen) atoms. The molecule has 1 fully saturated rings. The molecular formula is C16H25NO. The van der Waals surface area contributed by atoms with Gasteiger partial charge in [-0.1, -0.05) is 25.1 Å². The Morgan fingerprint density at radius 1 is 1.22 bits per heavy atom. The molecule has 0 radical (unpaired) electrons. The summed E-state index contributed by atoms with van der Waals surface area (Å²) in [5.74, 6) is 0. The maximum Gasteiger partial charge on any atom is 0.0911 e. The maximum absolute atomic E-state index is 11.0. The van der Waals surface area contributed by atoms with Gasteiger partial charge in [0.05, 0.1) is 5.60 Å². The third-order valence-corrected chi connectivity index (χ3v) is 4.46. The van der Waals surface area contributed by atoms with Gasteiger partial charge in [0.15, 0.2) is 0 Å². The molecule has 2 rings (SSSR count). The fourth-order valence-electron chi connectivity index (χ4n) is 3.02. The first-order valence-corrected chi connectivity index (χ1v) is 7.08. The number of hydrogen-bond donors (Lipinski definition) is 1.